The van der Waals surface area contributed by atoms with Crippen LogP contribution in [-0.4, -0.2) is 23.2 Å². The van der Waals surface area contributed by atoms with Gasteiger partial charge in [-0.25, -0.2) is 0 Å². The van der Waals surface area contributed by atoms with E-state index in [0.29, 0.717) is 17.5 Å². The molecule has 5 heteroatoms. The van der Waals surface area contributed by atoms with Crippen LogP contribution >= 0.6 is 0 Å². The Morgan fingerprint density at radius 3 is 3.05 bits per heavy atom. The summed E-state index contributed by atoms with van der Waals surface area (Å²) in [5, 5.41) is 6.95. The van der Waals surface area contributed by atoms with Crippen LogP contribution in [0.3, 0.4) is 0 Å². The summed E-state index contributed by atoms with van der Waals surface area (Å²) in [6.07, 6.45) is 3.58. The monoisotopic (exact) mass is 298 g/mol. The zero-order valence-electron chi connectivity index (χ0n) is 12.5. The molecule has 1 fully saturated rings. The number of ether oxygens (including phenoxy) is 1. The van der Waals surface area contributed by atoms with Gasteiger partial charge in [-0.1, -0.05) is 5.16 Å². The third-order valence-electron chi connectivity index (χ3n) is 4.02. The van der Waals surface area contributed by atoms with E-state index in [1.807, 2.05) is 18.2 Å². The lowest BCUT2D eigenvalue weighted by molar-refractivity contribution is -0.120. The lowest BCUT2D eigenvalue weighted by Crippen LogP contribution is -2.27. The lowest BCUT2D eigenvalue weighted by Gasteiger charge is -2.02. The number of rotatable bonds is 4. The standard InChI is InChI=1S/C17H18N2O3/c1-10-6-12-7-11(2-5-15(12)21-10)16-8-14(19-22-16)9-17(20)18-13-3-4-13/h2,5,7-8,10,13H,3-4,6,9H2,1H3,(H,18,20)/t10-/m0/s1. The Balaban J connectivity index is 1.49. The molecular weight excluding hydrogens is 280 g/mol. The SMILES string of the molecule is C[C@H]1Cc2cc(-c3cc(CC(=O)NC4CC4)no3)ccc2O1. The van der Waals surface area contributed by atoms with Gasteiger partial charge in [0.05, 0.1) is 12.1 Å². The average Bonchev–Trinajstić information content (AvgIpc) is 3.03. The minimum absolute atomic E-state index is 0.0125. The van der Waals surface area contributed by atoms with Crippen molar-refractivity contribution in [1.82, 2.24) is 10.5 Å². The molecule has 0 saturated heterocycles. The molecule has 1 atom stereocenters. The fourth-order valence-corrected chi connectivity index (χ4v) is 2.78. The van der Waals surface area contributed by atoms with Crippen LogP contribution in [-0.2, 0) is 17.6 Å². The van der Waals surface area contributed by atoms with Gasteiger partial charge in [-0.05, 0) is 43.5 Å². The topological polar surface area (TPSA) is 64.4 Å². The van der Waals surface area contributed by atoms with Crippen LogP contribution in [0.15, 0.2) is 28.8 Å². The van der Waals surface area contributed by atoms with Crippen LogP contribution in [0.2, 0.25) is 0 Å². The number of aromatic nitrogens is 1. The smallest absolute Gasteiger partial charge is 0.226 e. The first-order valence-corrected chi connectivity index (χ1v) is 7.72. The van der Waals surface area contributed by atoms with Gasteiger partial charge in [0.25, 0.3) is 0 Å². The first kappa shape index (κ1) is 13.4. The molecule has 4 rings (SSSR count). The molecule has 1 amide bonds. The number of benzene rings is 1. The molecule has 0 radical (unpaired) electrons. The third kappa shape index (κ3) is 2.71. The van der Waals surface area contributed by atoms with Crippen LogP contribution in [0.25, 0.3) is 11.3 Å². The summed E-state index contributed by atoms with van der Waals surface area (Å²) in [6, 6.07) is 8.22. The molecule has 2 aromatic rings. The first-order chi connectivity index (χ1) is 10.7. The third-order valence-corrected chi connectivity index (χ3v) is 4.02. The number of amides is 1. The summed E-state index contributed by atoms with van der Waals surface area (Å²) < 4.78 is 11.1. The van der Waals surface area contributed by atoms with E-state index in [-0.39, 0.29) is 18.4 Å². The van der Waals surface area contributed by atoms with Crippen LogP contribution in [0.1, 0.15) is 31.0 Å². The van der Waals surface area contributed by atoms with Crippen LogP contribution in [0, 0.1) is 0 Å². The average molecular weight is 298 g/mol. The van der Waals surface area contributed by atoms with Gasteiger partial charge in [-0.3, -0.25) is 4.79 Å². The van der Waals surface area contributed by atoms with Gasteiger partial charge in [-0.15, -0.1) is 0 Å². The highest BCUT2D eigenvalue weighted by Crippen LogP contribution is 2.33. The van der Waals surface area contributed by atoms with Gasteiger partial charge in [0.1, 0.15) is 11.9 Å². The van der Waals surface area contributed by atoms with E-state index in [1.54, 1.807) is 0 Å². The van der Waals surface area contributed by atoms with Crippen LogP contribution in [0.5, 0.6) is 5.75 Å². The van der Waals surface area contributed by atoms with E-state index in [1.165, 1.54) is 5.56 Å². The molecule has 114 valence electrons. The van der Waals surface area contributed by atoms with Gasteiger partial charge < -0.3 is 14.6 Å². The van der Waals surface area contributed by atoms with E-state index >= 15 is 0 Å². The summed E-state index contributed by atoms with van der Waals surface area (Å²) in [5.41, 5.74) is 2.82. The van der Waals surface area contributed by atoms with Crippen LogP contribution < -0.4 is 10.1 Å². The molecule has 5 nitrogen and oxygen atoms in total. The zero-order valence-corrected chi connectivity index (χ0v) is 12.5. The Hall–Kier alpha value is -2.30. The minimum Gasteiger partial charge on any atom is -0.490 e. The second-order valence-electron chi connectivity index (χ2n) is 6.16. The van der Waals surface area contributed by atoms with Crippen molar-refractivity contribution in [2.75, 3.05) is 0 Å². The maximum atomic E-state index is 11.8. The lowest BCUT2D eigenvalue weighted by atomic mass is 10.1. The number of hydrogen-bond acceptors (Lipinski definition) is 4. The minimum atomic E-state index is 0.0125. The molecule has 0 bridgehead atoms. The van der Waals surface area contributed by atoms with Crippen molar-refractivity contribution in [3.63, 3.8) is 0 Å². The number of fused-ring (bicyclic) bond motifs is 1. The predicted molar refractivity (Wildman–Crippen MR) is 80.6 cm³/mol. The van der Waals surface area contributed by atoms with Crippen molar-refractivity contribution >= 4 is 5.91 Å². The van der Waals surface area contributed by atoms with Gasteiger partial charge in [0.2, 0.25) is 5.91 Å². The Kier molecular flexibility index (Phi) is 3.13. The number of nitrogens with zero attached hydrogens (tertiary/aromatic N) is 1. The second-order valence-corrected chi connectivity index (χ2v) is 6.16. The van der Waals surface area contributed by atoms with Crippen molar-refractivity contribution in [3.8, 4) is 17.1 Å². The maximum Gasteiger partial charge on any atom is 0.226 e. The highest BCUT2D eigenvalue weighted by molar-refractivity contribution is 5.79. The number of hydrogen-bond donors (Lipinski definition) is 1. The van der Waals surface area contributed by atoms with E-state index in [4.69, 9.17) is 9.26 Å². The molecular formula is C17H18N2O3. The van der Waals surface area contributed by atoms with Gasteiger partial charge in [-0.2, -0.15) is 0 Å². The normalized spacial score (nSPS) is 19.6. The van der Waals surface area contributed by atoms with E-state index < -0.39 is 0 Å². The van der Waals surface area contributed by atoms with Gasteiger partial charge >= 0.3 is 0 Å². The molecule has 1 aliphatic carbocycles. The van der Waals surface area contributed by atoms with E-state index in [2.05, 4.69) is 23.5 Å². The molecule has 22 heavy (non-hydrogen) atoms. The molecule has 2 aliphatic rings. The molecule has 1 N–H and O–H groups in total. The summed E-state index contributed by atoms with van der Waals surface area (Å²) in [4.78, 5) is 11.8. The molecule has 0 unspecified atom stereocenters. The van der Waals surface area contributed by atoms with Crippen molar-refractivity contribution in [2.45, 2.75) is 44.8 Å². The maximum absolute atomic E-state index is 11.8. The van der Waals surface area contributed by atoms with Crippen LogP contribution in [0.4, 0.5) is 0 Å². The zero-order chi connectivity index (χ0) is 15.1. The molecule has 1 aromatic carbocycles. The van der Waals surface area contributed by atoms with E-state index in [9.17, 15) is 4.79 Å². The largest absolute Gasteiger partial charge is 0.490 e. The Morgan fingerprint density at radius 1 is 1.36 bits per heavy atom. The molecule has 1 aromatic heterocycles. The van der Waals surface area contributed by atoms with Crippen molar-refractivity contribution in [1.29, 1.82) is 0 Å². The Morgan fingerprint density at radius 2 is 2.23 bits per heavy atom. The quantitative estimate of drug-likeness (QED) is 0.942. The summed E-state index contributed by atoms with van der Waals surface area (Å²) in [6.45, 7) is 2.06. The van der Waals surface area contributed by atoms with Gasteiger partial charge in [0, 0.05) is 24.1 Å². The van der Waals surface area contributed by atoms with Gasteiger partial charge in [0.15, 0.2) is 5.76 Å². The number of carbonyl (C=O) groups is 1. The molecule has 0 spiro atoms. The van der Waals surface area contributed by atoms with Crippen molar-refractivity contribution in [2.24, 2.45) is 0 Å². The highest BCUT2D eigenvalue weighted by Gasteiger charge is 2.24. The Bertz CT molecular complexity index is 718. The number of carbonyl (C=O) groups excluding carboxylic acids is 1. The second kappa shape index (κ2) is 5.16. The fraction of sp³-hybridized carbons (Fsp3) is 0.412. The highest BCUT2D eigenvalue weighted by atomic mass is 16.5. The van der Waals surface area contributed by atoms with Crippen molar-refractivity contribution in [3.05, 3.63) is 35.5 Å². The summed E-state index contributed by atoms with van der Waals surface area (Å²) in [5.74, 6) is 1.65. The number of nitrogens with one attached hydrogen (secondary N) is 1. The molecule has 1 saturated carbocycles. The van der Waals surface area contributed by atoms with Crippen molar-refractivity contribution < 1.29 is 14.1 Å². The summed E-state index contributed by atoms with van der Waals surface area (Å²) >= 11 is 0. The fourth-order valence-electron chi connectivity index (χ4n) is 2.78. The molecule has 2 heterocycles. The summed E-state index contributed by atoms with van der Waals surface area (Å²) in [7, 11) is 0. The first-order valence-electron chi connectivity index (χ1n) is 7.72. The van der Waals surface area contributed by atoms with E-state index in [0.717, 1.165) is 30.6 Å². The molecule has 1 aliphatic heterocycles. The Labute approximate surface area is 128 Å². The predicted octanol–water partition coefficient (Wildman–Crippen LogP) is 2.49.